The molecule has 0 atom stereocenters. The summed E-state index contributed by atoms with van der Waals surface area (Å²) < 4.78 is 38.5. The van der Waals surface area contributed by atoms with E-state index < -0.39 is 29.4 Å². The van der Waals surface area contributed by atoms with Gasteiger partial charge >= 0.3 is 12.1 Å². The molecule has 1 heterocycles. The largest absolute Gasteiger partial charge is 0.481 e. The molecule has 0 spiro atoms. The van der Waals surface area contributed by atoms with E-state index in [1.807, 2.05) is 5.10 Å². The first-order valence-electron chi connectivity index (χ1n) is 5.80. The molecular formula is C11H13F3N2O3. The molecule has 19 heavy (non-hydrogen) atoms. The van der Waals surface area contributed by atoms with Gasteiger partial charge in [-0.3, -0.25) is 9.89 Å². The lowest BCUT2D eigenvalue weighted by Gasteiger charge is -2.35. The maximum absolute atomic E-state index is 12.8. The van der Waals surface area contributed by atoms with E-state index in [1.165, 1.54) is 0 Å². The van der Waals surface area contributed by atoms with Crippen molar-refractivity contribution in [2.75, 3.05) is 0 Å². The normalized spacial score (nSPS) is 28.3. The summed E-state index contributed by atoms with van der Waals surface area (Å²) in [5.74, 6) is -1.31. The van der Waals surface area contributed by atoms with Crippen molar-refractivity contribution in [2.24, 2.45) is 0 Å². The molecule has 0 aromatic carbocycles. The van der Waals surface area contributed by atoms with E-state index in [-0.39, 0.29) is 31.2 Å². The minimum Gasteiger partial charge on any atom is -0.481 e. The second-order valence-corrected chi connectivity index (χ2v) is 4.77. The predicted octanol–water partition coefficient (Wildman–Crippen LogP) is 1.69. The van der Waals surface area contributed by atoms with Gasteiger partial charge in [0.2, 0.25) is 0 Å². The highest BCUT2D eigenvalue weighted by molar-refractivity contribution is 5.82. The number of carboxylic acids is 1. The van der Waals surface area contributed by atoms with Crippen LogP contribution in [0.2, 0.25) is 0 Å². The summed E-state index contributed by atoms with van der Waals surface area (Å²) >= 11 is 0. The molecule has 2 rings (SSSR count). The highest BCUT2D eigenvalue weighted by Crippen LogP contribution is 2.44. The van der Waals surface area contributed by atoms with Crippen molar-refractivity contribution >= 4 is 5.97 Å². The number of nitrogens with one attached hydrogen (secondary N) is 1. The number of hydrogen-bond donors (Lipinski definition) is 3. The lowest BCUT2D eigenvalue weighted by molar-refractivity contribution is -0.149. The van der Waals surface area contributed by atoms with Gasteiger partial charge in [0.25, 0.3) is 0 Å². The van der Waals surface area contributed by atoms with Crippen LogP contribution < -0.4 is 0 Å². The fourth-order valence-corrected chi connectivity index (χ4v) is 2.56. The first kappa shape index (κ1) is 13.9. The van der Waals surface area contributed by atoms with E-state index in [2.05, 4.69) is 5.10 Å². The molecule has 0 amide bonds. The maximum atomic E-state index is 12.8. The second kappa shape index (κ2) is 4.52. The van der Waals surface area contributed by atoms with Gasteiger partial charge in [0.15, 0.2) is 0 Å². The van der Waals surface area contributed by atoms with E-state index >= 15 is 0 Å². The van der Waals surface area contributed by atoms with Gasteiger partial charge in [-0.2, -0.15) is 18.3 Å². The van der Waals surface area contributed by atoms with Crippen LogP contribution in [0.4, 0.5) is 13.2 Å². The molecule has 8 heteroatoms. The molecule has 1 aliphatic carbocycles. The van der Waals surface area contributed by atoms with Crippen LogP contribution in [0.1, 0.15) is 36.9 Å². The summed E-state index contributed by atoms with van der Waals surface area (Å²) in [6.45, 7) is 0. The first-order valence-corrected chi connectivity index (χ1v) is 5.80. The number of nitrogens with zero attached hydrogens (tertiary/aromatic N) is 1. The van der Waals surface area contributed by atoms with Crippen molar-refractivity contribution in [3.63, 3.8) is 0 Å². The van der Waals surface area contributed by atoms with Crippen molar-refractivity contribution < 1.29 is 28.2 Å². The summed E-state index contributed by atoms with van der Waals surface area (Å²) in [5.41, 5.74) is -3.09. The number of aliphatic hydroxyl groups excluding tert-OH is 1. The van der Waals surface area contributed by atoms with Crippen molar-refractivity contribution in [1.82, 2.24) is 10.2 Å². The van der Waals surface area contributed by atoms with Gasteiger partial charge in [-0.15, -0.1) is 0 Å². The molecule has 1 aromatic heterocycles. The third-order valence-electron chi connectivity index (χ3n) is 3.66. The second-order valence-electron chi connectivity index (χ2n) is 4.77. The molecule has 0 radical (unpaired) electrons. The van der Waals surface area contributed by atoms with Gasteiger partial charge in [-0.25, -0.2) is 0 Å². The number of halogens is 3. The summed E-state index contributed by atoms with van der Waals surface area (Å²) in [7, 11) is 0. The highest BCUT2D eigenvalue weighted by Gasteiger charge is 2.49. The number of aromatic amines is 1. The average Bonchev–Trinajstić information content (AvgIpc) is 2.79. The fourth-order valence-electron chi connectivity index (χ4n) is 2.56. The number of hydrogen-bond acceptors (Lipinski definition) is 3. The van der Waals surface area contributed by atoms with E-state index in [0.717, 1.165) is 6.20 Å². The Labute approximate surface area is 106 Å². The van der Waals surface area contributed by atoms with E-state index in [1.54, 1.807) is 0 Å². The van der Waals surface area contributed by atoms with Crippen LogP contribution in [0.15, 0.2) is 6.20 Å². The van der Waals surface area contributed by atoms with Crippen molar-refractivity contribution in [3.8, 4) is 0 Å². The number of aliphatic hydroxyl groups is 1. The molecule has 1 saturated carbocycles. The molecule has 5 nitrogen and oxygen atoms in total. The van der Waals surface area contributed by atoms with Gasteiger partial charge in [0.05, 0.1) is 17.7 Å². The van der Waals surface area contributed by atoms with Crippen LogP contribution in [0, 0.1) is 0 Å². The summed E-state index contributed by atoms with van der Waals surface area (Å²) in [6, 6.07) is 0. The number of carbonyl (C=O) groups is 1. The average molecular weight is 278 g/mol. The number of alkyl halides is 3. The Balaban J connectivity index is 2.47. The number of H-pyrrole nitrogens is 1. The molecular weight excluding hydrogens is 265 g/mol. The molecule has 1 fully saturated rings. The van der Waals surface area contributed by atoms with Gasteiger partial charge < -0.3 is 10.2 Å². The van der Waals surface area contributed by atoms with Gasteiger partial charge in [0, 0.05) is 5.56 Å². The molecule has 106 valence electrons. The zero-order chi connectivity index (χ0) is 14.3. The molecule has 1 aliphatic rings. The third kappa shape index (κ3) is 2.32. The Hall–Kier alpha value is -1.57. The number of aromatic nitrogens is 2. The Morgan fingerprint density at radius 1 is 1.42 bits per heavy atom. The number of aliphatic carboxylic acids is 1. The van der Waals surface area contributed by atoms with Gasteiger partial charge in [-0.05, 0) is 25.7 Å². The lowest BCUT2D eigenvalue weighted by Crippen LogP contribution is -2.41. The smallest absolute Gasteiger partial charge is 0.433 e. The molecule has 0 unspecified atom stereocenters. The first-order chi connectivity index (χ1) is 8.77. The van der Waals surface area contributed by atoms with Crippen LogP contribution >= 0.6 is 0 Å². The monoisotopic (exact) mass is 278 g/mol. The van der Waals surface area contributed by atoms with E-state index in [9.17, 15) is 28.2 Å². The van der Waals surface area contributed by atoms with Crippen LogP contribution in [-0.2, 0) is 16.4 Å². The Morgan fingerprint density at radius 2 is 2.00 bits per heavy atom. The van der Waals surface area contributed by atoms with Crippen molar-refractivity contribution in [3.05, 3.63) is 17.5 Å². The summed E-state index contributed by atoms with van der Waals surface area (Å²) in [6.07, 6.45) is -4.16. The lowest BCUT2D eigenvalue weighted by atomic mass is 9.68. The fraction of sp³-hybridized carbons (Fsp3) is 0.636. The minimum absolute atomic E-state index is 0.0356. The van der Waals surface area contributed by atoms with Crippen LogP contribution in [0.3, 0.4) is 0 Å². The number of carboxylic acid groups (broad SMARTS) is 1. The van der Waals surface area contributed by atoms with Crippen molar-refractivity contribution in [1.29, 1.82) is 0 Å². The SMILES string of the molecule is O=C(O)C1(c2cn[nH]c2C(F)(F)F)CCC(O)CC1. The predicted molar refractivity (Wildman–Crippen MR) is 57.4 cm³/mol. The Bertz CT molecular complexity index is 476. The summed E-state index contributed by atoms with van der Waals surface area (Å²) in [5, 5.41) is 23.9. The third-order valence-corrected chi connectivity index (χ3v) is 3.66. The van der Waals surface area contributed by atoms with Crippen molar-refractivity contribution in [2.45, 2.75) is 43.4 Å². The van der Waals surface area contributed by atoms with Crippen LogP contribution in [0.5, 0.6) is 0 Å². The zero-order valence-corrected chi connectivity index (χ0v) is 9.87. The molecule has 0 saturated heterocycles. The standard InChI is InChI=1S/C11H13F3N2O3/c12-11(13,14)8-7(5-15-16-8)10(9(18)19)3-1-6(17)2-4-10/h5-6,17H,1-4H2,(H,15,16)(H,18,19). The highest BCUT2D eigenvalue weighted by atomic mass is 19.4. The quantitative estimate of drug-likeness (QED) is 0.768. The molecule has 0 bridgehead atoms. The van der Waals surface area contributed by atoms with Gasteiger partial charge in [-0.1, -0.05) is 0 Å². The zero-order valence-electron chi connectivity index (χ0n) is 9.87. The molecule has 0 aliphatic heterocycles. The molecule has 3 N–H and O–H groups in total. The maximum Gasteiger partial charge on any atom is 0.433 e. The minimum atomic E-state index is -4.68. The van der Waals surface area contributed by atoms with Crippen LogP contribution in [-0.4, -0.2) is 32.5 Å². The van der Waals surface area contributed by atoms with Crippen LogP contribution in [0.25, 0.3) is 0 Å². The van der Waals surface area contributed by atoms with E-state index in [0.29, 0.717) is 0 Å². The Morgan fingerprint density at radius 3 is 2.47 bits per heavy atom. The summed E-state index contributed by atoms with van der Waals surface area (Å²) in [4.78, 5) is 11.5. The Kier molecular flexibility index (Phi) is 3.29. The van der Waals surface area contributed by atoms with E-state index in [4.69, 9.17) is 0 Å². The molecule has 1 aromatic rings. The topological polar surface area (TPSA) is 86.2 Å². The van der Waals surface area contributed by atoms with Gasteiger partial charge in [0.1, 0.15) is 5.69 Å². The number of rotatable bonds is 2.